The van der Waals surface area contributed by atoms with E-state index >= 15 is 0 Å². The molecule has 0 unspecified atom stereocenters. The molecule has 20 heavy (non-hydrogen) atoms. The second-order valence-electron chi connectivity index (χ2n) is 5.34. The van der Waals surface area contributed by atoms with Crippen LogP contribution in [0.2, 0.25) is 0 Å². The number of ether oxygens (including phenoxy) is 1. The minimum Gasteiger partial charge on any atom is -0.493 e. The van der Waals surface area contributed by atoms with Crippen LogP contribution in [0.15, 0.2) is 24.3 Å². The Morgan fingerprint density at radius 1 is 1.25 bits per heavy atom. The number of fused-ring (bicyclic) bond motifs is 1. The van der Waals surface area contributed by atoms with Gasteiger partial charge >= 0.3 is 0 Å². The van der Waals surface area contributed by atoms with Gasteiger partial charge in [0.1, 0.15) is 5.75 Å². The molecular formula is C14H17NO4S. The molecule has 0 spiro atoms. The molecular weight excluding hydrogens is 278 g/mol. The molecule has 6 heteroatoms. The third kappa shape index (κ3) is 2.65. The zero-order valence-electron chi connectivity index (χ0n) is 11.0. The molecule has 2 aliphatic heterocycles. The Bertz CT molecular complexity index is 626. The molecule has 2 atom stereocenters. The molecule has 1 aromatic carbocycles. The molecule has 1 fully saturated rings. The molecule has 0 aromatic heterocycles. The summed E-state index contributed by atoms with van der Waals surface area (Å²) in [6.07, 6.45) is 1.14. The van der Waals surface area contributed by atoms with Gasteiger partial charge in [-0.25, -0.2) is 8.42 Å². The minimum absolute atomic E-state index is 0.0241. The first-order valence-corrected chi connectivity index (χ1v) is 8.60. The fraction of sp³-hybridized carbons (Fsp3) is 0.500. The van der Waals surface area contributed by atoms with Crippen molar-refractivity contribution in [3.8, 4) is 5.75 Å². The fourth-order valence-corrected chi connectivity index (χ4v) is 4.52. The monoisotopic (exact) mass is 295 g/mol. The van der Waals surface area contributed by atoms with E-state index < -0.39 is 15.8 Å². The van der Waals surface area contributed by atoms with Crippen molar-refractivity contribution in [1.29, 1.82) is 0 Å². The van der Waals surface area contributed by atoms with Crippen LogP contribution >= 0.6 is 0 Å². The van der Waals surface area contributed by atoms with Crippen LogP contribution in [0.25, 0.3) is 0 Å². The van der Waals surface area contributed by atoms with Crippen molar-refractivity contribution in [3.63, 3.8) is 0 Å². The lowest BCUT2D eigenvalue weighted by Crippen LogP contribution is -2.36. The summed E-state index contributed by atoms with van der Waals surface area (Å²) in [4.78, 5) is 12.2. The number of hydrogen-bond donors (Lipinski definition) is 1. The summed E-state index contributed by atoms with van der Waals surface area (Å²) in [5.41, 5.74) is 0.966. The molecule has 1 amide bonds. The molecule has 108 valence electrons. The second-order valence-corrected chi connectivity index (χ2v) is 7.56. The van der Waals surface area contributed by atoms with Crippen LogP contribution in [-0.4, -0.2) is 32.4 Å². The smallest absolute Gasteiger partial charge is 0.224 e. The molecule has 0 bridgehead atoms. The summed E-state index contributed by atoms with van der Waals surface area (Å²) < 4.78 is 28.4. The SMILES string of the molecule is O=C(N[C@H]1CCOc2ccccc21)[C@@H]1CCS(=O)(=O)C1. The summed E-state index contributed by atoms with van der Waals surface area (Å²) in [5, 5.41) is 2.97. The molecule has 2 heterocycles. The van der Waals surface area contributed by atoms with Gasteiger partial charge < -0.3 is 10.1 Å². The highest BCUT2D eigenvalue weighted by Gasteiger charge is 2.34. The van der Waals surface area contributed by atoms with Gasteiger partial charge in [0.2, 0.25) is 5.91 Å². The van der Waals surface area contributed by atoms with E-state index in [-0.39, 0.29) is 23.5 Å². The molecule has 0 radical (unpaired) electrons. The Morgan fingerprint density at radius 3 is 2.80 bits per heavy atom. The number of para-hydroxylation sites is 1. The van der Waals surface area contributed by atoms with Crippen LogP contribution in [0.3, 0.4) is 0 Å². The lowest BCUT2D eigenvalue weighted by atomic mass is 9.99. The highest BCUT2D eigenvalue weighted by Crippen LogP contribution is 2.32. The van der Waals surface area contributed by atoms with Gasteiger partial charge in [0.25, 0.3) is 0 Å². The average Bonchev–Trinajstić information content (AvgIpc) is 2.80. The molecule has 3 rings (SSSR count). The maximum Gasteiger partial charge on any atom is 0.224 e. The number of hydrogen-bond acceptors (Lipinski definition) is 4. The number of carbonyl (C=O) groups excluding carboxylic acids is 1. The van der Waals surface area contributed by atoms with Crippen LogP contribution in [0.4, 0.5) is 0 Å². The van der Waals surface area contributed by atoms with E-state index in [0.717, 1.165) is 11.3 Å². The van der Waals surface area contributed by atoms with E-state index in [0.29, 0.717) is 19.4 Å². The third-order valence-electron chi connectivity index (χ3n) is 3.88. The van der Waals surface area contributed by atoms with Gasteiger partial charge in [0.05, 0.1) is 30.1 Å². The number of carbonyl (C=O) groups is 1. The highest BCUT2D eigenvalue weighted by atomic mass is 32.2. The van der Waals surface area contributed by atoms with Crippen molar-refractivity contribution in [3.05, 3.63) is 29.8 Å². The maximum absolute atomic E-state index is 12.2. The quantitative estimate of drug-likeness (QED) is 0.885. The van der Waals surface area contributed by atoms with Gasteiger partial charge in [0.15, 0.2) is 9.84 Å². The van der Waals surface area contributed by atoms with Gasteiger partial charge in [-0.3, -0.25) is 4.79 Å². The Labute approximate surface area is 118 Å². The summed E-state index contributed by atoms with van der Waals surface area (Å²) in [7, 11) is -3.03. The normalized spacial score (nSPS) is 27.4. The van der Waals surface area contributed by atoms with Crippen LogP contribution in [-0.2, 0) is 14.6 Å². The largest absolute Gasteiger partial charge is 0.493 e. The van der Waals surface area contributed by atoms with Crippen molar-refractivity contribution < 1.29 is 17.9 Å². The average molecular weight is 295 g/mol. The van der Waals surface area contributed by atoms with Gasteiger partial charge in [-0.15, -0.1) is 0 Å². The molecule has 2 aliphatic rings. The maximum atomic E-state index is 12.2. The summed E-state index contributed by atoms with van der Waals surface area (Å²) in [6.45, 7) is 0.560. The lowest BCUT2D eigenvalue weighted by Gasteiger charge is -2.27. The van der Waals surface area contributed by atoms with Crippen molar-refractivity contribution >= 4 is 15.7 Å². The third-order valence-corrected chi connectivity index (χ3v) is 5.65. The summed E-state index contributed by atoms with van der Waals surface area (Å²) >= 11 is 0. The van der Waals surface area contributed by atoms with Gasteiger partial charge in [0, 0.05) is 12.0 Å². The molecule has 0 saturated carbocycles. The number of amides is 1. The lowest BCUT2D eigenvalue weighted by molar-refractivity contribution is -0.125. The van der Waals surface area contributed by atoms with E-state index in [1.54, 1.807) is 0 Å². The number of rotatable bonds is 2. The van der Waals surface area contributed by atoms with Gasteiger partial charge in [-0.05, 0) is 12.5 Å². The Hall–Kier alpha value is -1.56. The van der Waals surface area contributed by atoms with E-state index in [9.17, 15) is 13.2 Å². The highest BCUT2D eigenvalue weighted by molar-refractivity contribution is 7.91. The van der Waals surface area contributed by atoms with E-state index in [1.165, 1.54) is 0 Å². The molecule has 1 saturated heterocycles. The predicted octanol–water partition coefficient (Wildman–Crippen LogP) is 1.06. The first-order valence-electron chi connectivity index (χ1n) is 6.78. The number of nitrogens with one attached hydrogen (secondary N) is 1. The molecule has 5 nitrogen and oxygen atoms in total. The van der Waals surface area contributed by atoms with E-state index in [4.69, 9.17) is 4.74 Å². The van der Waals surface area contributed by atoms with E-state index in [2.05, 4.69) is 5.32 Å². The number of benzene rings is 1. The van der Waals surface area contributed by atoms with Crippen LogP contribution in [0.1, 0.15) is 24.4 Å². The zero-order chi connectivity index (χ0) is 14.2. The van der Waals surface area contributed by atoms with Gasteiger partial charge in [-0.2, -0.15) is 0 Å². The summed E-state index contributed by atoms with van der Waals surface area (Å²) in [6, 6.07) is 7.54. The molecule has 1 aromatic rings. The minimum atomic E-state index is -3.03. The first kappa shape index (κ1) is 13.4. The standard InChI is InChI=1S/C14H17NO4S/c16-14(10-6-8-20(17,18)9-10)15-12-5-7-19-13-4-2-1-3-11(12)13/h1-4,10,12H,5-9H2,(H,15,16)/t10-,12+/m1/s1. The predicted molar refractivity (Wildman–Crippen MR) is 74.2 cm³/mol. The Kier molecular flexibility index (Phi) is 3.41. The first-order chi connectivity index (χ1) is 9.55. The Balaban J connectivity index is 1.72. The van der Waals surface area contributed by atoms with Crippen LogP contribution in [0.5, 0.6) is 5.75 Å². The Morgan fingerprint density at radius 2 is 2.05 bits per heavy atom. The fourth-order valence-electron chi connectivity index (χ4n) is 2.78. The van der Waals surface area contributed by atoms with Crippen molar-refractivity contribution in [2.24, 2.45) is 5.92 Å². The van der Waals surface area contributed by atoms with E-state index in [1.807, 2.05) is 24.3 Å². The van der Waals surface area contributed by atoms with Crippen LogP contribution in [0, 0.1) is 5.92 Å². The second kappa shape index (κ2) is 5.09. The van der Waals surface area contributed by atoms with Crippen molar-refractivity contribution in [1.82, 2.24) is 5.32 Å². The molecule has 1 N–H and O–H groups in total. The molecule has 0 aliphatic carbocycles. The number of sulfone groups is 1. The zero-order valence-corrected chi connectivity index (χ0v) is 11.9. The van der Waals surface area contributed by atoms with Gasteiger partial charge in [-0.1, -0.05) is 18.2 Å². The summed E-state index contributed by atoms with van der Waals surface area (Å²) in [5.74, 6) is 0.324. The van der Waals surface area contributed by atoms with Crippen molar-refractivity contribution in [2.75, 3.05) is 18.1 Å². The van der Waals surface area contributed by atoms with Crippen LogP contribution < -0.4 is 10.1 Å². The van der Waals surface area contributed by atoms with Crippen molar-refractivity contribution in [2.45, 2.75) is 18.9 Å². The topological polar surface area (TPSA) is 72.5 Å².